The molecule has 1 aromatic heterocycles. The Kier molecular flexibility index (Phi) is 5.02. The highest BCUT2D eigenvalue weighted by atomic mass is 35.5. The molecule has 0 aliphatic rings. The van der Waals surface area contributed by atoms with Crippen LogP contribution in [0.4, 0.5) is 5.69 Å². The fourth-order valence-corrected chi connectivity index (χ4v) is 2.55. The van der Waals surface area contributed by atoms with Crippen molar-refractivity contribution in [2.24, 2.45) is 5.10 Å². The number of hydrogen-bond donors (Lipinski definition) is 1. The molecule has 0 bridgehead atoms. The molecule has 0 fully saturated rings. The van der Waals surface area contributed by atoms with Crippen LogP contribution in [0.1, 0.15) is 10.4 Å². The molecule has 0 aliphatic heterocycles. The van der Waals surface area contributed by atoms with Crippen LogP contribution in [0.2, 0.25) is 4.34 Å². The van der Waals surface area contributed by atoms with Gasteiger partial charge in [0.15, 0.2) is 0 Å². The van der Waals surface area contributed by atoms with Crippen LogP contribution in [0, 0.1) is 10.1 Å². The van der Waals surface area contributed by atoms with Gasteiger partial charge in [-0.2, -0.15) is 5.10 Å². The normalized spacial score (nSPS) is 10.7. The van der Waals surface area contributed by atoms with E-state index in [0.29, 0.717) is 9.90 Å². The van der Waals surface area contributed by atoms with Crippen molar-refractivity contribution in [1.29, 1.82) is 0 Å². The molecule has 1 aromatic carbocycles. The summed E-state index contributed by atoms with van der Waals surface area (Å²) in [4.78, 5) is 22.8. The van der Waals surface area contributed by atoms with Gasteiger partial charge in [0.1, 0.15) is 0 Å². The zero-order chi connectivity index (χ0) is 15.2. The minimum atomic E-state index is -0.514. The van der Waals surface area contributed by atoms with Crippen molar-refractivity contribution in [2.45, 2.75) is 6.42 Å². The number of benzene rings is 1. The average molecular weight is 324 g/mol. The Hall–Kier alpha value is -2.25. The van der Waals surface area contributed by atoms with E-state index in [0.717, 1.165) is 4.88 Å². The lowest BCUT2D eigenvalue weighted by atomic mass is 10.1. The number of halogens is 1. The maximum atomic E-state index is 11.7. The number of thiophene rings is 1. The largest absolute Gasteiger partial charge is 0.273 e. The van der Waals surface area contributed by atoms with E-state index in [2.05, 4.69) is 10.5 Å². The second-order valence-electron chi connectivity index (χ2n) is 4.00. The molecule has 0 atom stereocenters. The Morgan fingerprint density at radius 2 is 2.14 bits per heavy atom. The second kappa shape index (κ2) is 6.96. The van der Waals surface area contributed by atoms with Gasteiger partial charge in [0.25, 0.3) is 5.69 Å². The number of nitrogens with one attached hydrogen (secondary N) is 1. The van der Waals surface area contributed by atoms with Crippen LogP contribution in [-0.4, -0.2) is 17.0 Å². The average Bonchev–Trinajstić information content (AvgIpc) is 2.85. The smallest absolute Gasteiger partial charge is 0.273 e. The standard InChI is InChI=1S/C13H10ClN3O3S/c14-12-6-5-10(21-12)8-15-16-13(18)7-9-3-1-2-4-11(9)17(19)20/h1-6,8H,7H2,(H,16,18). The lowest BCUT2D eigenvalue weighted by Crippen LogP contribution is -2.20. The number of nitro benzene ring substituents is 1. The molecule has 8 heteroatoms. The molecule has 2 aromatic rings. The van der Waals surface area contributed by atoms with Crippen LogP contribution in [-0.2, 0) is 11.2 Å². The highest BCUT2D eigenvalue weighted by Gasteiger charge is 2.14. The van der Waals surface area contributed by atoms with Crippen molar-refractivity contribution in [3.63, 3.8) is 0 Å². The molecule has 0 spiro atoms. The van der Waals surface area contributed by atoms with E-state index in [4.69, 9.17) is 11.6 Å². The summed E-state index contributed by atoms with van der Waals surface area (Å²) in [5.41, 5.74) is 2.59. The Balaban J connectivity index is 1.96. The van der Waals surface area contributed by atoms with Crippen molar-refractivity contribution in [2.75, 3.05) is 0 Å². The van der Waals surface area contributed by atoms with E-state index in [-0.39, 0.29) is 12.1 Å². The molecule has 1 heterocycles. The van der Waals surface area contributed by atoms with E-state index in [1.165, 1.54) is 23.6 Å². The fraction of sp³-hybridized carbons (Fsp3) is 0.0769. The van der Waals surface area contributed by atoms with Crippen LogP contribution >= 0.6 is 22.9 Å². The molecule has 108 valence electrons. The SMILES string of the molecule is O=C(Cc1ccccc1[N+](=O)[O-])NN=Cc1ccc(Cl)s1. The molecule has 21 heavy (non-hydrogen) atoms. The Morgan fingerprint density at radius 3 is 2.81 bits per heavy atom. The first-order valence-electron chi connectivity index (χ1n) is 5.86. The van der Waals surface area contributed by atoms with E-state index >= 15 is 0 Å². The van der Waals surface area contributed by atoms with E-state index < -0.39 is 10.8 Å². The molecule has 1 N–H and O–H groups in total. The highest BCUT2D eigenvalue weighted by Crippen LogP contribution is 2.20. The van der Waals surface area contributed by atoms with Gasteiger partial charge in [0.05, 0.1) is 21.9 Å². The van der Waals surface area contributed by atoms with Gasteiger partial charge >= 0.3 is 0 Å². The van der Waals surface area contributed by atoms with Crippen molar-refractivity contribution in [3.8, 4) is 0 Å². The number of carbonyl (C=O) groups excluding carboxylic acids is 1. The number of nitrogens with zero attached hydrogens (tertiary/aromatic N) is 2. The monoisotopic (exact) mass is 323 g/mol. The summed E-state index contributed by atoms with van der Waals surface area (Å²) in [6, 6.07) is 9.60. The van der Waals surface area contributed by atoms with Gasteiger partial charge in [-0.05, 0) is 12.1 Å². The summed E-state index contributed by atoms with van der Waals surface area (Å²) in [7, 11) is 0. The third kappa shape index (κ3) is 4.37. The minimum absolute atomic E-state index is 0.0818. The van der Waals surface area contributed by atoms with Gasteiger partial charge in [0, 0.05) is 16.5 Å². The van der Waals surface area contributed by atoms with Gasteiger partial charge in [-0.1, -0.05) is 29.8 Å². The molecule has 6 nitrogen and oxygen atoms in total. The summed E-state index contributed by atoms with van der Waals surface area (Å²) >= 11 is 7.09. The zero-order valence-electron chi connectivity index (χ0n) is 10.7. The van der Waals surface area contributed by atoms with Gasteiger partial charge in [-0.15, -0.1) is 11.3 Å². The second-order valence-corrected chi connectivity index (χ2v) is 5.74. The quantitative estimate of drug-likeness (QED) is 0.521. The van der Waals surface area contributed by atoms with Crippen molar-refractivity contribution in [1.82, 2.24) is 5.43 Å². The fourth-order valence-electron chi connectivity index (χ4n) is 1.62. The third-order valence-corrected chi connectivity index (χ3v) is 3.68. The molecule has 0 aliphatic carbocycles. The lowest BCUT2D eigenvalue weighted by molar-refractivity contribution is -0.385. The van der Waals surface area contributed by atoms with E-state index in [1.54, 1.807) is 30.3 Å². The number of nitro groups is 1. The summed E-state index contributed by atoms with van der Waals surface area (Å²) in [6.45, 7) is 0. The highest BCUT2D eigenvalue weighted by molar-refractivity contribution is 7.17. The molecule has 0 saturated carbocycles. The molecule has 0 unspecified atom stereocenters. The van der Waals surface area contributed by atoms with Crippen LogP contribution in [0.3, 0.4) is 0 Å². The maximum absolute atomic E-state index is 11.7. The molecule has 0 saturated heterocycles. The number of para-hydroxylation sites is 1. The number of hydrogen-bond acceptors (Lipinski definition) is 5. The molecule has 2 rings (SSSR count). The third-order valence-electron chi connectivity index (χ3n) is 2.51. The van der Waals surface area contributed by atoms with Gasteiger partial charge < -0.3 is 0 Å². The lowest BCUT2D eigenvalue weighted by Gasteiger charge is -2.01. The number of hydrazone groups is 1. The predicted molar refractivity (Wildman–Crippen MR) is 81.9 cm³/mol. The van der Waals surface area contributed by atoms with E-state index in [9.17, 15) is 14.9 Å². The van der Waals surface area contributed by atoms with E-state index in [1.807, 2.05) is 0 Å². The molecular formula is C13H10ClN3O3S. The number of amides is 1. The number of carbonyl (C=O) groups is 1. The van der Waals surface area contributed by atoms with Crippen LogP contribution in [0.5, 0.6) is 0 Å². The zero-order valence-corrected chi connectivity index (χ0v) is 12.2. The number of rotatable bonds is 5. The molecule has 0 radical (unpaired) electrons. The maximum Gasteiger partial charge on any atom is 0.273 e. The van der Waals surface area contributed by atoms with Crippen molar-refractivity contribution in [3.05, 3.63) is 61.3 Å². The van der Waals surface area contributed by atoms with Crippen LogP contribution < -0.4 is 5.43 Å². The van der Waals surface area contributed by atoms with Crippen molar-refractivity contribution >= 4 is 40.7 Å². The van der Waals surface area contributed by atoms with Gasteiger partial charge in [0.2, 0.25) is 5.91 Å². The summed E-state index contributed by atoms with van der Waals surface area (Å²) in [6.07, 6.45) is 1.35. The first-order chi connectivity index (χ1) is 10.1. The van der Waals surface area contributed by atoms with Crippen LogP contribution in [0.15, 0.2) is 41.5 Å². The summed E-state index contributed by atoms with van der Waals surface area (Å²) < 4.78 is 0.627. The summed E-state index contributed by atoms with van der Waals surface area (Å²) in [5, 5.41) is 14.6. The first-order valence-corrected chi connectivity index (χ1v) is 7.05. The molecule has 1 amide bonds. The topological polar surface area (TPSA) is 84.6 Å². The predicted octanol–water partition coefficient (Wildman–Crippen LogP) is 3.00. The Bertz CT molecular complexity index is 699. The first kappa shape index (κ1) is 15.1. The van der Waals surface area contributed by atoms with Gasteiger partial charge in [-0.3, -0.25) is 14.9 Å². The summed E-state index contributed by atoms with van der Waals surface area (Å²) in [5.74, 6) is -0.428. The molecular weight excluding hydrogens is 314 g/mol. The van der Waals surface area contributed by atoms with Gasteiger partial charge in [-0.25, -0.2) is 5.43 Å². The Morgan fingerprint density at radius 1 is 1.38 bits per heavy atom. The minimum Gasteiger partial charge on any atom is -0.273 e. The van der Waals surface area contributed by atoms with Crippen molar-refractivity contribution < 1.29 is 9.72 Å². The Labute approximate surface area is 129 Å². The van der Waals surface area contributed by atoms with Crippen LogP contribution in [0.25, 0.3) is 0 Å².